The Morgan fingerprint density at radius 3 is 2.03 bits per heavy atom. The van der Waals surface area contributed by atoms with Crippen LogP contribution in [-0.4, -0.2) is 25.0 Å². The molecular formula is C25H20ClNO3. The number of hydrogen-bond acceptors (Lipinski definition) is 3. The van der Waals surface area contributed by atoms with Gasteiger partial charge in [-0.2, -0.15) is 0 Å². The molecule has 0 unspecified atom stereocenters. The molecular weight excluding hydrogens is 398 g/mol. The number of ether oxygens (including phenoxy) is 1. The van der Waals surface area contributed by atoms with Crippen molar-refractivity contribution < 1.29 is 14.3 Å². The maximum absolute atomic E-state index is 12.7. The van der Waals surface area contributed by atoms with Crippen molar-refractivity contribution in [2.24, 2.45) is 0 Å². The molecule has 0 radical (unpaired) electrons. The molecule has 4 nitrogen and oxygen atoms in total. The van der Waals surface area contributed by atoms with Crippen molar-refractivity contribution in [3.8, 4) is 0 Å². The van der Waals surface area contributed by atoms with Crippen molar-refractivity contribution in [3.63, 3.8) is 0 Å². The monoisotopic (exact) mass is 417 g/mol. The number of rotatable bonds is 5. The minimum absolute atomic E-state index is 0.313. The average Bonchev–Trinajstić information content (AvgIpc) is 2.78. The van der Waals surface area contributed by atoms with Gasteiger partial charge in [-0.3, -0.25) is 4.79 Å². The third-order valence-electron chi connectivity index (χ3n) is 5.19. The highest BCUT2D eigenvalue weighted by Crippen LogP contribution is 2.29. The molecule has 1 amide bonds. The number of carbonyl (C=O) groups excluding carboxylic acids is 2. The lowest BCUT2D eigenvalue weighted by Gasteiger charge is -2.19. The maximum atomic E-state index is 12.7. The predicted octanol–water partition coefficient (Wildman–Crippen LogP) is 5.16. The Kier molecular flexibility index (Phi) is 5.68. The molecule has 0 saturated carbocycles. The van der Waals surface area contributed by atoms with Crippen LogP contribution in [0.3, 0.4) is 0 Å². The van der Waals surface area contributed by atoms with Crippen LogP contribution in [0.25, 0.3) is 21.5 Å². The standard InChI is InChI=1S/C25H20ClNO3/c1-30-25(29)23(27-24(28)16-10-12-19(26)13-11-16)15-22-20-8-4-2-6-17(20)14-18-7-3-5-9-21(18)22/h2-14,23H,15H2,1H3,(H,27,28)/t23-/m0/s1. The van der Waals surface area contributed by atoms with Gasteiger partial charge in [-0.25, -0.2) is 4.79 Å². The fourth-order valence-corrected chi connectivity index (χ4v) is 3.84. The van der Waals surface area contributed by atoms with Crippen molar-refractivity contribution in [3.05, 3.63) is 95.0 Å². The van der Waals surface area contributed by atoms with E-state index in [0.717, 1.165) is 27.1 Å². The van der Waals surface area contributed by atoms with E-state index in [4.69, 9.17) is 16.3 Å². The first-order chi connectivity index (χ1) is 14.6. The molecule has 5 heteroatoms. The van der Waals surface area contributed by atoms with Gasteiger partial charge in [-0.1, -0.05) is 60.1 Å². The second kappa shape index (κ2) is 8.56. The summed E-state index contributed by atoms with van der Waals surface area (Å²) < 4.78 is 4.99. The van der Waals surface area contributed by atoms with E-state index in [0.29, 0.717) is 17.0 Å². The zero-order valence-corrected chi connectivity index (χ0v) is 17.1. The zero-order chi connectivity index (χ0) is 21.1. The minimum Gasteiger partial charge on any atom is -0.467 e. The number of benzene rings is 4. The summed E-state index contributed by atoms with van der Waals surface area (Å²) in [6.45, 7) is 0. The van der Waals surface area contributed by atoms with E-state index in [2.05, 4.69) is 11.4 Å². The van der Waals surface area contributed by atoms with Crippen molar-refractivity contribution in [2.75, 3.05) is 7.11 Å². The molecule has 0 aromatic heterocycles. The van der Waals surface area contributed by atoms with Gasteiger partial charge in [-0.05, 0) is 57.4 Å². The number of hydrogen-bond donors (Lipinski definition) is 1. The van der Waals surface area contributed by atoms with E-state index in [1.807, 2.05) is 48.5 Å². The Labute approximate surface area is 179 Å². The highest BCUT2D eigenvalue weighted by atomic mass is 35.5. The molecule has 0 aliphatic heterocycles. The first-order valence-electron chi connectivity index (χ1n) is 9.60. The maximum Gasteiger partial charge on any atom is 0.328 e. The van der Waals surface area contributed by atoms with Crippen LogP contribution < -0.4 is 5.32 Å². The predicted molar refractivity (Wildman–Crippen MR) is 120 cm³/mol. The molecule has 0 spiro atoms. The number of carbonyl (C=O) groups is 2. The van der Waals surface area contributed by atoms with Crippen LogP contribution in [0, 0.1) is 0 Å². The SMILES string of the molecule is COC(=O)[C@H](Cc1c2ccccc2cc2ccccc12)NC(=O)c1ccc(Cl)cc1. The lowest BCUT2D eigenvalue weighted by Crippen LogP contribution is -2.43. The van der Waals surface area contributed by atoms with Crippen LogP contribution in [0.1, 0.15) is 15.9 Å². The zero-order valence-electron chi connectivity index (χ0n) is 16.4. The van der Waals surface area contributed by atoms with Crippen LogP contribution >= 0.6 is 11.6 Å². The van der Waals surface area contributed by atoms with Crippen LogP contribution in [0.2, 0.25) is 5.02 Å². The van der Waals surface area contributed by atoms with Crippen LogP contribution in [-0.2, 0) is 16.0 Å². The Bertz CT molecular complexity index is 1180. The van der Waals surface area contributed by atoms with Crippen molar-refractivity contribution in [1.82, 2.24) is 5.32 Å². The normalized spacial score (nSPS) is 11.9. The van der Waals surface area contributed by atoms with Crippen molar-refractivity contribution in [2.45, 2.75) is 12.5 Å². The lowest BCUT2D eigenvalue weighted by molar-refractivity contribution is -0.142. The van der Waals surface area contributed by atoms with Crippen molar-refractivity contribution >= 4 is 45.0 Å². The van der Waals surface area contributed by atoms with E-state index < -0.39 is 12.0 Å². The second-order valence-corrected chi connectivity index (χ2v) is 7.49. The molecule has 0 saturated heterocycles. The van der Waals surface area contributed by atoms with Gasteiger partial charge in [0.25, 0.3) is 5.91 Å². The highest BCUT2D eigenvalue weighted by Gasteiger charge is 2.24. The molecule has 0 aliphatic rings. The van der Waals surface area contributed by atoms with Gasteiger partial charge in [0.2, 0.25) is 0 Å². The number of methoxy groups -OCH3 is 1. The molecule has 0 bridgehead atoms. The summed E-state index contributed by atoms with van der Waals surface area (Å²) in [5.74, 6) is -0.846. The highest BCUT2D eigenvalue weighted by molar-refractivity contribution is 6.30. The van der Waals surface area contributed by atoms with Gasteiger partial charge in [0, 0.05) is 17.0 Å². The molecule has 1 atom stereocenters. The molecule has 150 valence electrons. The van der Waals surface area contributed by atoms with E-state index in [1.165, 1.54) is 7.11 Å². The van der Waals surface area contributed by atoms with Crippen LogP contribution in [0.15, 0.2) is 78.9 Å². The lowest BCUT2D eigenvalue weighted by atomic mass is 9.92. The third-order valence-corrected chi connectivity index (χ3v) is 5.44. The molecule has 1 N–H and O–H groups in total. The summed E-state index contributed by atoms with van der Waals surface area (Å²) >= 11 is 5.91. The van der Waals surface area contributed by atoms with E-state index in [1.54, 1.807) is 24.3 Å². The fraction of sp³-hybridized carbons (Fsp3) is 0.120. The number of halogens is 1. The van der Waals surface area contributed by atoms with E-state index in [9.17, 15) is 9.59 Å². The average molecular weight is 418 g/mol. The minimum atomic E-state index is -0.826. The first-order valence-corrected chi connectivity index (χ1v) is 9.98. The second-order valence-electron chi connectivity index (χ2n) is 7.06. The van der Waals surface area contributed by atoms with E-state index >= 15 is 0 Å². The summed E-state index contributed by atoms with van der Waals surface area (Å²) in [5.41, 5.74) is 1.42. The van der Waals surface area contributed by atoms with Crippen LogP contribution in [0.5, 0.6) is 0 Å². The number of esters is 1. The Balaban J connectivity index is 1.74. The van der Waals surface area contributed by atoms with Gasteiger partial charge in [-0.15, -0.1) is 0 Å². The Morgan fingerprint density at radius 1 is 0.900 bits per heavy atom. The molecule has 0 aliphatic carbocycles. The molecule has 30 heavy (non-hydrogen) atoms. The quantitative estimate of drug-likeness (QED) is 0.360. The van der Waals surface area contributed by atoms with Crippen molar-refractivity contribution in [1.29, 1.82) is 0 Å². The summed E-state index contributed by atoms with van der Waals surface area (Å²) in [5, 5.41) is 7.62. The molecule has 4 rings (SSSR count). The third kappa shape index (κ3) is 4.00. The number of fused-ring (bicyclic) bond motifs is 2. The molecule has 0 heterocycles. The molecule has 0 fully saturated rings. The van der Waals surface area contributed by atoms with E-state index in [-0.39, 0.29) is 5.91 Å². The molecule has 4 aromatic carbocycles. The smallest absolute Gasteiger partial charge is 0.328 e. The Hall–Kier alpha value is -3.37. The summed E-state index contributed by atoms with van der Waals surface area (Å²) in [4.78, 5) is 25.3. The summed E-state index contributed by atoms with van der Waals surface area (Å²) in [7, 11) is 1.32. The van der Waals surface area contributed by atoms with Gasteiger partial charge in [0.05, 0.1) is 7.11 Å². The first kappa shape index (κ1) is 19.9. The van der Waals surface area contributed by atoms with Gasteiger partial charge < -0.3 is 10.1 Å². The number of nitrogens with one attached hydrogen (secondary N) is 1. The summed E-state index contributed by atoms with van der Waals surface area (Å²) in [6.07, 6.45) is 0.313. The number of amides is 1. The largest absolute Gasteiger partial charge is 0.467 e. The van der Waals surface area contributed by atoms with Crippen LogP contribution in [0.4, 0.5) is 0 Å². The van der Waals surface area contributed by atoms with Gasteiger partial charge in [0.1, 0.15) is 6.04 Å². The summed E-state index contributed by atoms with van der Waals surface area (Å²) in [6, 6.07) is 23.9. The van der Waals surface area contributed by atoms with Gasteiger partial charge >= 0.3 is 5.97 Å². The topological polar surface area (TPSA) is 55.4 Å². The fourth-order valence-electron chi connectivity index (χ4n) is 3.71. The molecule has 4 aromatic rings. The van der Waals surface area contributed by atoms with Gasteiger partial charge in [0.15, 0.2) is 0 Å². The Morgan fingerprint density at radius 2 is 1.47 bits per heavy atom.